The number of rotatable bonds is 7. The van der Waals surface area contributed by atoms with Gasteiger partial charge in [-0.2, -0.15) is 0 Å². The predicted octanol–water partition coefficient (Wildman–Crippen LogP) is 1.68. The molecule has 0 spiro atoms. The second-order valence-corrected chi connectivity index (χ2v) is 7.51. The van der Waals surface area contributed by atoms with Gasteiger partial charge in [0, 0.05) is 11.4 Å². The van der Waals surface area contributed by atoms with Crippen molar-refractivity contribution in [3.63, 3.8) is 0 Å². The van der Waals surface area contributed by atoms with E-state index < -0.39 is 5.66 Å². The summed E-state index contributed by atoms with van der Waals surface area (Å²) in [5.74, 6) is 7.77. The van der Waals surface area contributed by atoms with Crippen molar-refractivity contribution in [1.82, 2.24) is 5.32 Å². The summed E-state index contributed by atoms with van der Waals surface area (Å²) in [4.78, 5) is 6.92. The number of aliphatic imine (C=N–C) groups is 1. The van der Waals surface area contributed by atoms with E-state index in [9.17, 15) is 0 Å². The van der Waals surface area contributed by atoms with Crippen LogP contribution in [0.1, 0.15) is 30.0 Å². The maximum Gasteiger partial charge on any atom is 0.265 e. The van der Waals surface area contributed by atoms with E-state index in [2.05, 4.69) is 36.3 Å². The van der Waals surface area contributed by atoms with Crippen molar-refractivity contribution in [2.24, 2.45) is 22.5 Å². The summed E-state index contributed by atoms with van der Waals surface area (Å²) >= 11 is 3.36. The summed E-state index contributed by atoms with van der Waals surface area (Å²) in [6.45, 7) is 5.89. The van der Waals surface area contributed by atoms with Crippen LogP contribution in [0.5, 0.6) is 0 Å². The van der Waals surface area contributed by atoms with Crippen LogP contribution in [0.15, 0.2) is 17.1 Å². The topological polar surface area (TPSA) is 79.4 Å². The van der Waals surface area contributed by atoms with E-state index in [1.165, 1.54) is 0 Å². The lowest BCUT2D eigenvalue weighted by atomic mass is 10.1. The molecule has 1 unspecified atom stereocenters. The normalized spacial score (nSPS) is 22.2. The van der Waals surface area contributed by atoms with E-state index >= 15 is 0 Å². The SMILES string of the molecule is CC(C)CCNC=[N+](N)C1(c2ccc(CN)s2)CSC=N1. The zero-order valence-corrected chi connectivity index (χ0v) is 14.2. The van der Waals surface area contributed by atoms with Crippen molar-refractivity contribution >= 4 is 35.0 Å². The minimum atomic E-state index is -0.506. The number of nitrogens with zero attached hydrogens (tertiary/aromatic N) is 2. The van der Waals surface area contributed by atoms with Crippen molar-refractivity contribution in [3.05, 3.63) is 21.9 Å². The van der Waals surface area contributed by atoms with Crippen LogP contribution in [0.3, 0.4) is 0 Å². The molecule has 0 aromatic carbocycles. The molecular formula is C14H24N5S2+. The molecule has 0 amide bonds. The van der Waals surface area contributed by atoms with Crippen LogP contribution in [0.4, 0.5) is 0 Å². The minimum Gasteiger partial charge on any atom is -0.326 e. The third-order valence-electron chi connectivity index (χ3n) is 3.41. The molecule has 0 fully saturated rings. The van der Waals surface area contributed by atoms with Crippen LogP contribution in [-0.2, 0) is 12.2 Å². The molecule has 7 heteroatoms. The second kappa shape index (κ2) is 7.29. The third kappa shape index (κ3) is 3.78. The fourth-order valence-electron chi connectivity index (χ4n) is 2.06. The first kappa shape index (κ1) is 16.3. The van der Waals surface area contributed by atoms with Crippen LogP contribution >= 0.6 is 23.1 Å². The highest BCUT2D eigenvalue weighted by molar-refractivity contribution is 8.12. The van der Waals surface area contributed by atoms with Crippen LogP contribution in [0.25, 0.3) is 0 Å². The van der Waals surface area contributed by atoms with Crippen LogP contribution in [-0.4, -0.2) is 28.9 Å². The molecule has 5 N–H and O–H groups in total. The lowest BCUT2D eigenvalue weighted by Crippen LogP contribution is -2.45. The van der Waals surface area contributed by atoms with Crippen molar-refractivity contribution in [1.29, 1.82) is 0 Å². The molecule has 2 rings (SSSR count). The molecule has 0 aliphatic carbocycles. The molecule has 1 aromatic rings. The fourth-order valence-corrected chi connectivity index (χ4v) is 4.12. The molecule has 21 heavy (non-hydrogen) atoms. The number of nitrogens with two attached hydrogens (primary N) is 2. The van der Waals surface area contributed by atoms with Gasteiger partial charge in [-0.15, -0.1) is 27.8 Å². The molecule has 116 valence electrons. The number of thiophene rings is 1. The number of thioether (sulfide) groups is 1. The lowest BCUT2D eigenvalue weighted by molar-refractivity contribution is -0.618. The highest BCUT2D eigenvalue weighted by Gasteiger charge is 2.42. The van der Waals surface area contributed by atoms with Crippen LogP contribution < -0.4 is 16.9 Å². The highest BCUT2D eigenvalue weighted by Crippen LogP contribution is 2.37. The molecule has 0 saturated heterocycles. The van der Waals surface area contributed by atoms with Gasteiger partial charge in [0.25, 0.3) is 12.0 Å². The minimum absolute atomic E-state index is 0.506. The number of hydrazone groups is 1. The molecule has 0 saturated carbocycles. The van der Waals surface area contributed by atoms with Crippen molar-refractivity contribution < 1.29 is 4.68 Å². The summed E-state index contributed by atoms with van der Waals surface area (Å²) in [5, 5.41) is 3.28. The van der Waals surface area contributed by atoms with E-state index in [-0.39, 0.29) is 0 Å². The maximum absolute atomic E-state index is 6.28. The van der Waals surface area contributed by atoms with Crippen molar-refractivity contribution in [2.75, 3.05) is 12.3 Å². The second-order valence-electron chi connectivity index (χ2n) is 5.51. The highest BCUT2D eigenvalue weighted by atomic mass is 32.2. The predicted molar refractivity (Wildman–Crippen MR) is 92.8 cm³/mol. The first-order valence-corrected chi connectivity index (χ1v) is 9.00. The zero-order chi connectivity index (χ0) is 15.3. The summed E-state index contributed by atoms with van der Waals surface area (Å²) < 4.78 is 1.69. The Morgan fingerprint density at radius 1 is 1.52 bits per heavy atom. The first-order valence-electron chi connectivity index (χ1n) is 7.14. The summed E-state index contributed by atoms with van der Waals surface area (Å²) in [5.41, 5.74) is 7.08. The van der Waals surface area contributed by atoms with Crippen molar-refractivity contribution in [2.45, 2.75) is 32.5 Å². The van der Waals surface area contributed by atoms with Gasteiger partial charge in [0.05, 0.1) is 22.7 Å². The first-order chi connectivity index (χ1) is 10.1. The van der Waals surface area contributed by atoms with Gasteiger partial charge in [0.1, 0.15) is 0 Å². The smallest absolute Gasteiger partial charge is 0.265 e. The van der Waals surface area contributed by atoms with E-state index in [0.29, 0.717) is 12.5 Å². The monoisotopic (exact) mass is 326 g/mol. The van der Waals surface area contributed by atoms with Crippen molar-refractivity contribution in [3.8, 4) is 0 Å². The average molecular weight is 327 g/mol. The maximum atomic E-state index is 6.28. The zero-order valence-electron chi connectivity index (χ0n) is 12.6. The van der Waals surface area contributed by atoms with Gasteiger partial charge in [0.2, 0.25) is 0 Å². The fraction of sp³-hybridized carbons (Fsp3) is 0.571. The van der Waals surface area contributed by atoms with Gasteiger partial charge >= 0.3 is 0 Å². The average Bonchev–Trinajstić information content (AvgIpc) is 3.11. The van der Waals surface area contributed by atoms with Crippen LogP contribution in [0, 0.1) is 5.92 Å². The van der Waals surface area contributed by atoms with E-state index in [0.717, 1.165) is 28.5 Å². The molecule has 1 aliphatic heterocycles. The van der Waals surface area contributed by atoms with E-state index in [4.69, 9.17) is 11.6 Å². The standard InChI is InChI=1S/C14H23N5S2/c1-11(2)5-6-17-9-19(16)14(8-20-10-18-14)13-4-3-12(7-15)21-13/h3-4,9-11H,5-8,15-16H2,1-2H3/p+1. The molecule has 1 atom stereocenters. The van der Waals surface area contributed by atoms with Gasteiger partial charge < -0.3 is 5.73 Å². The summed E-state index contributed by atoms with van der Waals surface area (Å²) in [6.07, 6.45) is 2.96. The Morgan fingerprint density at radius 2 is 2.33 bits per heavy atom. The number of hydrazine groups is 1. The third-order valence-corrected chi connectivity index (χ3v) is 5.48. The Balaban J connectivity index is 2.14. The Bertz CT molecular complexity index is 523. The van der Waals surface area contributed by atoms with Gasteiger partial charge in [0.15, 0.2) is 0 Å². The Kier molecular flexibility index (Phi) is 5.66. The van der Waals surface area contributed by atoms with Gasteiger partial charge in [-0.05, 0) is 24.5 Å². The molecule has 2 heterocycles. The largest absolute Gasteiger partial charge is 0.326 e. The number of hydrogen-bond acceptors (Lipinski definition) is 5. The number of nitrogens with one attached hydrogen (secondary N) is 1. The molecule has 1 aromatic heterocycles. The van der Waals surface area contributed by atoms with Crippen LogP contribution in [0.2, 0.25) is 0 Å². The summed E-state index contributed by atoms with van der Waals surface area (Å²) in [7, 11) is 0. The van der Waals surface area contributed by atoms with Gasteiger partial charge in [-0.25, -0.2) is 4.99 Å². The molecule has 0 radical (unpaired) electrons. The quantitative estimate of drug-likeness (QED) is 0.178. The van der Waals surface area contributed by atoms with Gasteiger partial charge in [-0.3, -0.25) is 11.2 Å². The number of hydrogen-bond donors (Lipinski definition) is 3. The molecule has 0 bridgehead atoms. The molecular weight excluding hydrogens is 302 g/mol. The summed E-state index contributed by atoms with van der Waals surface area (Å²) in [6, 6.07) is 4.14. The molecule has 5 nitrogen and oxygen atoms in total. The Labute approximate surface area is 134 Å². The molecule has 1 aliphatic rings. The van der Waals surface area contributed by atoms with E-state index in [1.54, 1.807) is 27.8 Å². The Morgan fingerprint density at radius 3 is 2.90 bits per heavy atom. The van der Waals surface area contributed by atoms with Gasteiger partial charge in [-0.1, -0.05) is 13.8 Å². The van der Waals surface area contributed by atoms with E-state index in [1.807, 2.05) is 11.9 Å². The lowest BCUT2D eigenvalue weighted by Gasteiger charge is -2.21. The Hall–Kier alpha value is -1.05.